The van der Waals surface area contributed by atoms with Gasteiger partial charge in [0.2, 0.25) is 0 Å². The molecule has 0 amide bonds. The van der Waals surface area contributed by atoms with Gasteiger partial charge >= 0.3 is 5.97 Å². The Bertz CT molecular complexity index is 340. The molecule has 0 saturated heterocycles. The van der Waals surface area contributed by atoms with Crippen LogP contribution in [0.15, 0.2) is 0 Å². The fourth-order valence-electron chi connectivity index (χ4n) is 3.68. The zero-order valence-electron chi connectivity index (χ0n) is 14.8. The van der Waals surface area contributed by atoms with Crippen molar-refractivity contribution in [2.45, 2.75) is 59.4 Å². The topological polar surface area (TPSA) is 41.6 Å². The van der Waals surface area contributed by atoms with Gasteiger partial charge in [0.15, 0.2) is 0 Å². The number of likely N-dealkylation sites (N-methyl/N-ethyl adjacent to an activating group) is 1. The van der Waals surface area contributed by atoms with Crippen LogP contribution in [-0.4, -0.2) is 49.7 Å². The highest BCUT2D eigenvalue weighted by Crippen LogP contribution is 2.44. The standard InChI is InChI=1S/C17H34N2O2/c1-7-19(8-2)12-11-18-17(15(20)21-6)10-9-16(4,5)13-14(17)3/h14,18H,7-13H2,1-6H3. The smallest absolute Gasteiger partial charge is 0.326 e. The third kappa shape index (κ3) is 4.43. The molecule has 1 fully saturated rings. The molecule has 4 nitrogen and oxygen atoms in total. The second kappa shape index (κ2) is 7.59. The molecule has 0 radical (unpaired) electrons. The molecule has 4 heteroatoms. The van der Waals surface area contributed by atoms with E-state index >= 15 is 0 Å². The molecular weight excluding hydrogens is 264 g/mol. The van der Waals surface area contributed by atoms with Crippen LogP contribution >= 0.6 is 0 Å². The first-order valence-corrected chi connectivity index (χ1v) is 8.37. The molecule has 1 N–H and O–H groups in total. The number of hydrogen-bond donors (Lipinski definition) is 1. The fraction of sp³-hybridized carbons (Fsp3) is 0.941. The lowest BCUT2D eigenvalue weighted by Crippen LogP contribution is -2.61. The van der Waals surface area contributed by atoms with E-state index in [0.717, 1.165) is 45.4 Å². The summed E-state index contributed by atoms with van der Waals surface area (Å²) >= 11 is 0. The van der Waals surface area contributed by atoms with Crippen molar-refractivity contribution in [2.75, 3.05) is 33.3 Å². The number of ether oxygens (including phenoxy) is 1. The molecule has 0 bridgehead atoms. The lowest BCUT2D eigenvalue weighted by molar-refractivity contribution is -0.154. The van der Waals surface area contributed by atoms with Gasteiger partial charge in [0, 0.05) is 13.1 Å². The van der Waals surface area contributed by atoms with Crippen molar-refractivity contribution in [3.8, 4) is 0 Å². The zero-order chi connectivity index (χ0) is 16.1. The molecule has 0 spiro atoms. The molecule has 0 aromatic carbocycles. The predicted molar refractivity (Wildman–Crippen MR) is 87.3 cm³/mol. The van der Waals surface area contributed by atoms with Gasteiger partial charge in [-0.25, -0.2) is 0 Å². The Hall–Kier alpha value is -0.610. The van der Waals surface area contributed by atoms with E-state index in [1.807, 2.05) is 0 Å². The van der Waals surface area contributed by atoms with E-state index in [0.29, 0.717) is 11.3 Å². The second-order valence-corrected chi connectivity index (χ2v) is 7.19. The Morgan fingerprint density at radius 2 is 1.90 bits per heavy atom. The van der Waals surface area contributed by atoms with Crippen LogP contribution in [0.4, 0.5) is 0 Å². The Kier molecular flexibility index (Phi) is 6.67. The summed E-state index contributed by atoms with van der Waals surface area (Å²) in [5.74, 6) is 0.204. The molecule has 1 rings (SSSR count). The van der Waals surface area contributed by atoms with Gasteiger partial charge < -0.3 is 15.0 Å². The molecule has 1 aliphatic rings. The van der Waals surface area contributed by atoms with Crippen LogP contribution in [-0.2, 0) is 9.53 Å². The molecule has 21 heavy (non-hydrogen) atoms. The maximum atomic E-state index is 12.4. The SMILES string of the molecule is CCN(CC)CCNC1(C(=O)OC)CCC(C)(C)CC1C. The van der Waals surface area contributed by atoms with Gasteiger partial charge in [0.1, 0.15) is 5.54 Å². The van der Waals surface area contributed by atoms with Crippen LogP contribution < -0.4 is 5.32 Å². The molecule has 2 unspecified atom stereocenters. The van der Waals surface area contributed by atoms with Crippen LogP contribution in [0.5, 0.6) is 0 Å². The highest BCUT2D eigenvalue weighted by molar-refractivity contribution is 5.81. The summed E-state index contributed by atoms with van der Waals surface area (Å²) in [6.07, 6.45) is 2.98. The summed E-state index contributed by atoms with van der Waals surface area (Å²) in [4.78, 5) is 14.8. The van der Waals surface area contributed by atoms with E-state index in [1.165, 1.54) is 7.11 Å². The Labute approximate surface area is 130 Å². The number of methoxy groups -OCH3 is 1. The van der Waals surface area contributed by atoms with Gasteiger partial charge in [-0.2, -0.15) is 0 Å². The van der Waals surface area contributed by atoms with Crippen LogP contribution in [0.1, 0.15) is 53.9 Å². The number of nitrogens with one attached hydrogen (secondary N) is 1. The highest BCUT2D eigenvalue weighted by atomic mass is 16.5. The van der Waals surface area contributed by atoms with E-state index in [2.05, 4.69) is 44.8 Å². The van der Waals surface area contributed by atoms with Crippen molar-refractivity contribution in [1.29, 1.82) is 0 Å². The van der Waals surface area contributed by atoms with E-state index in [1.54, 1.807) is 0 Å². The van der Waals surface area contributed by atoms with Crippen molar-refractivity contribution in [3.63, 3.8) is 0 Å². The predicted octanol–water partition coefficient (Wildman–Crippen LogP) is 2.68. The summed E-state index contributed by atoms with van der Waals surface area (Å²) < 4.78 is 5.13. The van der Waals surface area contributed by atoms with Gasteiger partial charge in [0.05, 0.1) is 7.11 Å². The van der Waals surface area contributed by atoms with Crippen molar-refractivity contribution in [2.24, 2.45) is 11.3 Å². The van der Waals surface area contributed by atoms with Gasteiger partial charge in [-0.05, 0) is 43.7 Å². The van der Waals surface area contributed by atoms with Crippen LogP contribution in [0.2, 0.25) is 0 Å². The molecule has 0 aliphatic heterocycles. The highest BCUT2D eigenvalue weighted by Gasteiger charge is 2.49. The Balaban J connectivity index is 2.74. The number of hydrogen-bond acceptors (Lipinski definition) is 4. The zero-order valence-corrected chi connectivity index (χ0v) is 14.8. The van der Waals surface area contributed by atoms with E-state index in [9.17, 15) is 4.79 Å². The van der Waals surface area contributed by atoms with Gasteiger partial charge in [-0.1, -0.05) is 34.6 Å². The summed E-state index contributed by atoms with van der Waals surface area (Å²) in [6, 6.07) is 0. The molecule has 2 atom stereocenters. The third-order valence-electron chi connectivity index (χ3n) is 5.21. The lowest BCUT2D eigenvalue weighted by atomic mass is 9.63. The molecule has 0 aromatic rings. The monoisotopic (exact) mass is 298 g/mol. The van der Waals surface area contributed by atoms with Crippen molar-refractivity contribution >= 4 is 5.97 Å². The molecular formula is C17H34N2O2. The second-order valence-electron chi connectivity index (χ2n) is 7.19. The molecule has 0 heterocycles. The van der Waals surface area contributed by atoms with E-state index in [-0.39, 0.29) is 5.97 Å². The number of carbonyl (C=O) groups excluding carboxylic acids is 1. The maximum absolute atomic E-state index is 12.4. The lowest BCUT2D eigenvalue weighted by Gasteiger charge is -2.47. The molecule has 1 aliphatic carbocycles. The Morgan fingerprint density at radius 1 is 1.29 bits per heavy atom. The average Bonchev–Trinajstić information content (AvgIpc) is 2.44. The van der Waals surface area contributed by atoms with Crippen molar-refractivity contribution in [3.05, 3.63) is 0 Å². The van der Waals surface area contributed by atoms with E-state index < -0.39 is 5.54 Å². The maximum Gasteiger partial charge on any atom is 0.326 e. The van der Waals surface area contributed by atoms with Gasteiger partial charge in [0.25, 0.3) is 0 Å². The largest absolute Gasteiger partial charge is 0.468 e. The molecule has 1 saturated carbocycles. The fourth-order valence-corrected chi connectivity index (χ4v) is 3.68. The van der Waals surface area contributed by atoms with Crippen LogP contribution in [0.3, 0.4) is 0 Å². The molecule has 0 aromatic heterocycles. The first-order chi connectivity index (χ1) is 9.81. The number of nitrogens with zero attached hydrogens (tertiary/aromatic N) is 1. The first kappa shape index (κ1) is 18.4. The van der Waals surface area contributed by atoms with Gasteiger partial charge in [-0.3, -0.25) is 4.79 Å². The minimum atomic E-state index is -0.503. The van der Waals surface area contributed by atoms with Gasteiger partial charge in [-0.15, -0.1) is 0 Å². The minimum Gasteiger partial charge on any atom is -0.468 e. The van der Waals surface area contributed by atoms with Crippen molar-refractivity contribution < 1.29 is 9.53 Å². The van der Waals surface area contributed by atoms with Crippen LogP contribution in [0.25, 0.3) is 0 Å². The number of carbonyl (C=O) groups is 1. The van der Waals surface area contributed by atoms with Crippen LogP contribution in [0, 0.1) is 11.3 Å². The minimum absolute atomic E-state index is 0.0925. The average molecular weight is 298 g/mol. The summed E-state index contributed by atoms with van der Waals surface area (Å²) in [5, 5.41) is 3.56. The third-order valence-corrected chi connectivity index (χ3v) is 5.21. The summed E-state index contributed by atoms with van der Waals surface area (Å²) in [6.45, 7) is 15.0. The molecule has 124 valence electrons. The quantitative estimate of drug-likeness (QED) is 0.734. The van der Waals surface area contributed by atoms with E-state index in [4.69, 9.17) is 4.74 Å². The number of esters is 1. The van der Waals surface area contributed by atoms with Crippen molar-refractivity contribution in [1.82, 2.24) is 10.2 Å². The normalized spacial score (nSPS) is 28.6. The number of rotatable bonds is 7. The summed E-state index contributed by atoms with van der Waals surface area (Å²) in [5.41, 5.74) is -0.186. The Morgan fingerprint density at radius 3 is 2.38 bits per heavy atom. The summed E-state index contributed by atoms with van der Waals surface area (Å²) in [7, 11) is 1.50. The first-order valence-electron chi connectivity index (χ1n) is 8.37.